The molecule has 0 saturated heterocycles. The van der Waals surface area contributed by atoms with Crippen LogP contribution < -0.4 is 15.4 Å². The predicted molar refractivity (Wildman–Crippen MR) is 118 cm³/mol. The molecule has 0 spiro atoms. The number of hydrogen-bond acceptors (Lipinski definition) is 3. The van der Waals surface area contributed by atoms with Crippen molar-refractivity contribution in [3.63, 3.8) is 0 Å². The van der Waals surface area contributed by atoms with Crippen LogP contribution in [0.5, 0.6) is 5.75 Å². The topological polar surface area (TPSA) is 45.7 Å². The van der Waals surface area contributed by atoms with E-state index >= 15 is 0 Å². The molecule has 0 aromatic heterocycles. The number of guanidine groups is 1. The van der Waals surface area contributed by atoms with E-state index < -0.39 is 0 Å². The van der Waals surface area contributed by atoms with Crippen LogP contribution in [-0.2, 0) is 6.54 Å². The minimum Gasteiger partial charge on any atom is -0.491 e. The van der Waals surface area contributed by atoms with Crippen LogP contribution in [-0.4, -0.2) is 37.2 Å². The van der Waals surface area contributed by atoms with Gasteiger partial charge in [-0.1, -0.05) is 12.1 Å². The lowest BCUT2D eigenvalue weighted by Gasteiger charge is -2.12. The lowest BCUT2D eigenvalue weighted by molar-refractivity contribution is 0.242. The molecule has 0 aliphatic carbocycles. The van der Waals surface area contributed by atoms with E-state index in [1.165, 1.54) is 24.2 Å². The van der Waals surface area contributed by atoms with Crippen molar-refractivity contribution in [3.05, 3.63) is 29.8 Å². The minimum absolute atomic E-state index is 0. The standard InChI is InChI=1S/C18H31N3OS.HI/c1-5-19-18(20-12-6-7-13-23-4)21-14-16-8-10-17(11-9-16)22-15(2)3;/h8-11,15H,5-7,12-14H2,1-4H3,(H2,19,20,21);1H. The van der Waals surface area contributed by atoms with E-state index in [0.29, 0.717) is 6.54 Å². The summed E-state index contributed by atoms with van der Waals surface area (Å²) in [6.45, 7) is 8.66. The molecular formula is C18H32IN3OS. The molecule has 0 fully saturated rings. The normalized spacial score (nSPS) is 11.1. The molecule has 6 heteroatoms. The third kappa shape index (κ3) is 11.0. The molecule has 0 bridgehead atoms. The Morgan fingerprint density at radius 3 is 2.46 bits per heavy atom. The maximum Gasteiger partial charge on any atom is 0.191 e. The van der Waals surface area contributed by atoms with Gasteiger partial charge in [-0.3, -0.25) is 0 Å². The number of benzene rings is 1. The first-order valence-electron chi connectivity index (χ1n) is 8.42. The summed E-state index contributed by atoms with van der Waals surface area (Å²) in [5.41, 5.74) is 1.18. The van der Waals surface area contributed by atoms with Gasteiger partial charge < -0.3 is 15.4 Å². The zero-order valence-electron chi connectivity index (χ0n) is 15.3. The van der Waals surface area contributed by atoms with Crippen molar-refractivity contribution in [2.45, 2.75) is 46.3 Å². The lowest BCUT2D eigenvalue weighted by atomic mass is 10.2. The molecule has 1 aromatic rings. The number of rotatable bonds is 10. The molecule has 24 heavy (non-hydrogen) atoms. The molecule has 1 rings (SSSR count). The number of nitrogens with one attached hydrogen (secondary N) is 2. The van der Waals surface area contributed by atoms with Gasteiger partial charge in [0.2, 0.25) is 0 Å². The van der Waals surface area contributed by atoms with Gasteiger partial charge in [-0.15, -0.1) is 24.0 Å². The lowest BCUT2D eigenvalue weighted by Crippen LogP contribution is -2.37. The van der Waals surface area contributed by atoms with Gasteiger partial charge in [-0.2, -0.15) is 11.8 Å². The molecule has 0 radical (unpaired) electrons. The van der Waals surface area contributed by atoms with Gasteiger partial charge >= 0.3 is 0 Å². The fraction of sp³-hybridized carbons (Fsp3) is 0.611. The van der Waals surface area contributed by atoms with Crippen LogP contribution >= 0.6 is 35.7 Å². The number of hydrogen-bond donors (Lipinski definition) is 2. The van der Waals surface area contributed by atoms with Crippen LogP contribution in [0.15, 0.2) is 29.3 Å². The number of thioether (sulfide) groups is 1. The van der Waals surface area contributed by atoms with E-state index in [1.54, 1.807) is 0 Å². The van der Waals surface area contributed by atoms with Crippen molar-refractivity contribution in [2.24, 2.45) is 4.99 Å². The van der Waals surface area contributed by atoms with Crippen LogP contribution in [0.1, 0.15) is 39.2 Å². The maximum absolute atomic E-state index is 5.66. The van der Waals surface area contributed by atoms with Gasteiger partial charge in [0.15, 0.2) is 5.96 Å². The molecule has 1 aromatic carbocycles. The summed E-state index contributed by atoms with van der Waals surface area (Å²) >= 11 is 1.90. The van der Waals surface area contributed by atoms with Crippen LogP contribution in [0.25, 0.3) is 0 Å². The number of ether oxygens (including phenoxy) is 1. The highest BCUT2D eigenvalue weighted by atomic mass is 127. The summed E-state index contributed by atoms with van der Waals surface area (Å²) in [6, 6.07) is 8.16. The molecule has 0 atom stereocenters. The second-order valence-electron chi connectivity index (χ2n) is 5.63. The summed E-state index contributed by atoms with van der Waals surface area (Å²) in [5.74, 6) is 3.02. The molecule has 0 aliphatic rings. The fourth-order valence-electron chi connectivity index (χ4n) is 2.04. The Morgan fingerprint density at radius 2 is 1.88 bits per heavy atom. The highest BCUT2D eigenvalue weighted by Crippen LogP contribution is 2.14. The fourth-order valence-corrected chi connectivity index (χ4v) is 2.53. The van der Waals surface area contributed by atoms with Crippen molar-refractivity contribution >= 4 is 41.7 Å². The van der Waals surface area contributed by atoms with Gasteiger partial charge in [0.1, 0.15) is 5.75 Å². The van der Waals surface area contributed by atoms with Crippen molar-refractivity contribution in [2.75, 3.05) is 25.1 Å². The molecule has 0 aliphatic heterocycles. The van der Waals surface area contributed by atoms with E-state index in [4.69, 9.17) is 4.74 Å². The number of unbranched alkanes of at least 4 members (excludes halogenated alkanes) is 1. The Hall–Kier alpha value is -0.630. The highest BCUT2D eigenvalue weighted by molar-refractivity contribution is 14.0. The minimum atomic E-state index is 0. The first-order chi connectivity index (χ1) is 11.2. The second-order valence-corrected chi connectivity index (χ2v) is 6.62. The van der Waals surface area contributed by atoms with Crippen molar-refractivity contribution in [1.29, 1.82) is 0 Å². The van der Waals surface area contributed by atoms with Gasteiger partial charge in [0.25, 0.3) is 0 Å². The van der Waals surface area contributed by atoms with Crippen LogP contribution in [0.4, 0.5) is 0 Å². The van der Waals surface area contributed by atoms with Crippen molar-refractivity contribution in [3.8, 4) is 5.75 Å². The zero-order chi connectivity index (χ0) is 16.9. The third-order valence-corrected chi connectivity index (χ3v) is 3.82. The molecule has 0 amide bonds. The Balaban J connectivity index is 0.00000529. The van der Waals surface area contributed by atoms with E-state index in [0.717, 1.165) is 24.8 Å². The quantitative estimate of drug-likeness (QED) is 0.234. The van der Waals surface area contributed by atoms with Crippen molar-refractivity contribution in [1.82, 2.24) is 10.6 Å². The van der Waals surface area contributed by atoms with E-state index in [1.807, 2.05) is 37.7 Å². The molecule has 2 N–H and O–H groups in total. The Kier molecular flexibility index (Phi) is 14.3. The number of aliphatic imine (C=N–C) groups is 1. The molecule has 0 heterocycles. The van der Waals surface area contributed by atoms with Crippen LogP contribution in [0.3, 0.4) is 0 Å². The first kappa shape index (κ1) is 23.4. The van der Waals surface area contributed by atoms with Gasteiger partial charge in [-0.05, 0) is 63.3 Å². The smallest absolute Gasteiger partial charge is 0.191 e. The number of halogens is 1. The Bertz CT molecular complexity index is 452. The predicted octanol–water partition coefficient (Wildman–Crippen LogP) is 4.29. The molecule has 138 valence electrons. The molecule has 4 nitrogen and oxygen atoms in total. The van der Waals surface area contributed by atoms with Crippen molar-refractivity contribution < 1.29 is 4.74 Å². The second kappa shape index (κ2) is 14.7. The zero-order valence-corrected chi connectivity index (χ0v) is 18.4. The van der Waals surface area contributed by atoms with E-state index in [9.17, 15) is 0 Å². The van der Waals surface area contributed by atoms with E-state index in [-0.39, 0.29) is 30.1 Å². The summed E-state index contributed by atoms with van der Waals surface area (Å²) in [4.78, 5) is 4.64. The molecule has 0 saturated carbocycles. The average Bonchev–Trinajstić information content (AvgIpc) is 2.53. The van der Waals surface area contributed by atoms with Crippen LogP contribution in [0.2, 0.25) is 0 Å². The monoisotopic (exact) mass is 465 g/mol. The largest absolute Gasteiger partial charge is 0.491 e. The summed E-state index contributed by atoms with van der Waals surface area (Å²) in [6.07, 6.45) is 4.77. The molecule has 0 unspecified atom stereocenters. The first-order valence-corrected chi connectivity index (χ1v) is 9.81. The SMILES string of the molecule is CCNC(=NCc1ccc(OC(C)C)cc1)NCCCCSC.I. The summed E-state index contributed by atoms with van der Waals surface area (Å²) in [7, 11) is 0. The summed E-state index contributed by atoms with van der Waals surface area (Å²) in [5, 5.41) is 6.68. The average molecular weight is 465 g/mol. The van der Waals surface area contributed by atoms with Gasteiger partial charge in [-0.25, -0.2) is 4.99 Å². The number of nitrogens with zero attached hydrogens (tertiary/aromatic N) is 1. The Labute approximate surface area is 168 Å². The Morgan fingerprint density at radius 1 is 1.17 bits per heavy atom. The molecular weight excluding hydrogens is 433 g/mol. The van der Waals surface area contributed by atoms with Gasteiger partial charge in [0.05, 0.1) is 12.6 Å². The van der Waals surface area contributed by atoms with Crippen LogP contribution in [0, 0.1) is 0 Å². The van der Waals surface area contributed by atoms with Gasteiger partial charge in [0, 0.05) is 13.1 Å². The maximum atomic E-state index is 5.66. The van der Waals surface area contributed by atoms with E-state index in [2.05, 4.69) is 40.9 Å². The third-order valence-electron chi connectivity index (χ3n) is 3.13. The highest BCUT2D eigenvalue weighted by Gasteiger charge is 2.00. The summed E-state index contributed by atoms with van der Waals surface area (Å²) < 4.78 is 5.66.